The van der Waals surface area contributed by atoms with Gasteiger partial charge in [-0.3, -0.25) is 0 Å². The Balaban J connectivity index is 2.53. The molecule has 3 N–H and O–H groups in total. The Hall–Kier alpha value is -1.48. The van der Waals surface area contributed by atoms with Crippen molar-refractivity contribution in [3.05, 3.63) is 34.9 Å². The maximum Gasteiger partial charge on any atom is 0.123 e. The highest BCUT2D eigenvalue weighted by Gasteiger charge is 2.39. The maximum atomic E-state index is 10.5. The van der Waals surface area contributed by atoms with Crippen molar-refractivity contribution in [2.45, 2.75) is 65.9 Å². The second-order valence-electron chi connectivity index (χ2n) is 7.96. The van der Waals surface area contributed by atoms with Crippen LogP contribution in [-0.4, -0.2) is 21.4 Å². The Kier molecular flexibility index (Phi) is 5.10. The second-order valence-corrected chi connectivity index (χ2v) is 7.96. The Morgan fingerprint density at radius 3 is 2.17 bits per heavy atom. The Labute approximate surface area is 139 Å². The van der Waals surface area contributed by atoms with Crippen molar-refractivity contribution < 1.29 is 15.3 Å². The average Bonchev–Trinajstić information content (AvgIpc) is 2.40. The predicted octanol–water partition coefficient (Wildman–Crippen LogP) is 4.51. The third kappa shape index (κ3) is 3.72. The summed E-state index contributed by atoms with van der Waals surface area (Å²) in [6.45, 7) is 10.4. The molecule has 0 amide bonds. The van der Waals surface area contributed by atoms with Gasteiger partial charge >= 0.3 is 0 Å². The lowest BCUT2D eigenvalue weighted by atomic mass is 9.64. The molecule has 1 aliphatic carbocycles. The number of aryl methyl sites for hydroxylation is 1. The van der Waals surface area contributed by atoms with E-state index in [1.165, 1.54) is 0 Å². The fourth-order valence-electron chi connectivity index (χ4n) is 3.71. The van der Waals surface area contributed by atoms with Gasteiger partial charge in [-0.2, -0.15) is 0 Å². The van der Waals surface area contributed by atoms with Crippen LogP contribution in [0, 0.1) is 11.3 Å². The molecule has 3 atom stereocenters. The van der Waals surface area contributed by atoms with Gasteiger partial charge in [-0.05, 0) is 54.4 Å². The molecule has 1 aromatic rings. The van der Waals surface area contributed by atoms with Crippen LogP contribution in [0.15, 0.2) is 23.8 Å². The molecule has 2 rings (SSSR count). The van der Waals surface area contributed by atoms with Crippen molar-refractivity contribution in [2.24, 2.45) is 11.3 Å². The average molecular weight is 318 g/mol. The first-order valence-corrected chi connectivity index (χ1v) is 8.56. The minimum atomic E-state index is -0.445. The minimum Gasteiger partial charge on any atom is -0.507 e. The summed E-state index contributed by atoms with van der Waals surface area (Å²) in [6, 6.07) is 3.54. The quantitative estimate of drug-likeness (QED) is 0.719. The van der Waals surface area contributed by atoms with Crippen LogP contribution in [0.1, 0.15) is 64.5 Å². The number of hydrogen-bond acceptors (Lipinski definition) is 3. The number of benzene rings is 1. The van der Waals surface area contributed by atoms with Crippen molar-refractivity contribution in [2.75, 3.05) is 0 Å². The highest BCUT2D eigenvalue weighted by molar-refractivity contribution is 5.51. The van der Waals surface area contributed by atoms with E-state index in [0.29, 0.717) is 12.0 Å². The Bertz CT molecular complexity index is 572. The van der Waals surface area contributed by atoms with Gasteiger partial charge in [0.05, 0.1) is 6.10 Å². The summed E-state index contributed by atoms with van der Waals surface area (Å²) in [5, 5.41) is 31.3. The van der Waals surface area contributed by atoms with Crippen LogP contribution in [-0.2, 0) is 6.42 Å². The zero-order valence-corrected chi connectivity index (χ0v) is 14.9. The van der Waals surface area contributed by atoms with E-state index < -0.39 is 6.10 Å². The molecule has 23 heavy (non-hydrogen) atoms. The lowest BCUT2D eigenvalue weighted by Crippen LogP contribution is -2.34. The molecular formula is C20H30O3. The molecule has 0 fully saturated rings. The highest BCUT2D eigenvalue weighted by Crippen LogP contribution is 2.50. The number of aromatic hydroxyl groups is 2. The molecule has 0 saturated heterocycles. The third-order valence-corrected chi connectivity index (χ3v) is 5.06. The van der Waals surface area contributed by atoms with Crippen molar-refractivity contribution in [3.63, 3.8) is 0 Å². The molecule has 3 nitrogen and oxygen atoms in total. The zero-order valence-electron chi connectivity index (χ0n) is 14.9. The summed E-state index contributed by atoms with van der Waals surface area (Å²) in [6.07, 6.45) is 4.02. The van der Waals surface area contributed by atoms with Gasteiger partial charge < -0.3 is 15.3 Å². The summed E-state index contributed by atoms with van der Waals surface area (Å²) in [4.78, 5) is 0. The molecule has 0 saturated carbocycles. The Morgan fingerprint density at radius 2 is 1.70 bits per heavy atom. The number of aliphatic hydroxyl groups is 1. The number of rotatable bonds is 3. The van der Waals surface area contributed by atoms with Gasteiger partial charge in [-0.25, -0.2) is 0 Å². The van der Waals surface area contributed by atoms with Crippen LogP contribution < -0.4 is 0 Å². The topological polar surface area (TPSA) is 60.7 Å². The van der Waals surface area contributed by atoms with Gasteiger partial charge in [0.2, 0.25) is 0 Å². The van der Waals surface area contributed by atoms with Crippen LogP contribution in [0.25, 0.3) is 0 Å². The summed E-state index contributed by atoms with van der Waals surface area (Å²) in [7, 11) is 0. The number of hydrogen-bond donors (Lipinski definition) is 3. The first-order chi connectivity index (χ1) is 10.6. The fourth-order valence-corrected chi connectivity index (χ4v) is 3.71. The van der Waals surface area contributed by atoms with Gasteiger partial charge in [-0.15, -0.1) is 0 Å². The van der Waals surface area contributed by atoms with Gasteiger partial charge in [0.1, 0.15) is 11.5 Å². The molecule has 1 aromatic carbocycles. The smallest absolute Gasteiger partial charge is 0.123 e. The fraction of sp³-hybridized carbons (Fsp3) is 0.600. The van der Waals surface area contributed by atoms with E-state index in [-0.39, 0.29) is 28.7 Å². The molecule has 0 heterocycles. The maximum absolute atomic E-state index is 10.5. The second kappa shape index (κ2) is 6.56. The van der Waals surface area contributed by atoms with Gasteiger partial charge in [0, 0.05) is 11.5 Å². The lowest BCUT2D eigenvalue weighted by molar-refractivity contribution is 0.103. The van der Waals surface area contributed by atoms with Crippen LogP contribution in [0.5, 0.6) is 11.5 Å². The third-order valence-electron chi connectivity index (χ3n) is 5.06. The van der Waals surface area contributed by atoms with Crippen LogP contribution in [0.3, 0.4) is 0 Å². The molecule has 3 heteroatoms. The molecule has 0 bridgehead atoms. The summed E-state index contributed by atoms with van der Waals surface area (Å²) >= 11 is 0. The largest absolute Gasteiger partial charge is 0.507 e. The molecule has 0 aliphatic heterocycles. The van der Waals surface area contributed by atoms with Crippen molar-refractivity contribution >= 4 is 0 Å². The van der Waals surface area contributed by atoms with E-state index in [1.807, 2.05) is 13.0 Å². The minimum absolute atomic E-state index is 0.0379. The summed E-state index contributed by atoms with van der Waals surface area (Å²) in [5.41, 5.74) is 2.42. The first kappa shape index (κ1) is 17.9. The number of phenols is 2. The number of aliphatic hydroxyl groups excluding tert-OH is 1. The molecule has 0 aromatic heterocycles. The first-order valence-electron chi connectivity index (χ1n) is 8.56. The van der Waals surface area contributed by atoms with Gasteiger partial charge in [0.15, 0.2) is 0 Å². The van der Waals surface area contributed by atoms with Crippen molar-refractivity contribution in [3.8, 4) is 11.5 Å². The van der Waals surface area contributed by atoms with Crippen molar-refractivity contribution in [1.29, 1.82) is 0 Å². The van der Waals surface area contributed by atoms with Gasteiger partial charge in [0.25, 0.3) is 0 Å². The normalized spacial score (nSPS) is 25.3. The molecule has 1 unspecified atom stereocenters. The molecule has 0 radical (unpaired) electrons. The standard InChI is InChI=1S/C20H30O3/c1-6-7-13-9-17(22)19(18(23)10-13)14-8-12(2)16(21)11-15(14)20(3,4)5/h8-10,14-16,21-23H,6-7,11H2,1-5H3/t14-,15-,16?/m1/s1. The summed E-state index contributed by atoms with van der Waals surface area (Å²) < 4.78 is 0. The number of phenolic OH excluding ortho intramolecular Hbond substituents is 2. The zero-order chi connectivity index (χ0) is 17.4. The van der Waals surface area contributed by atoms with E-state index in [2.05, 4.69) is 27.7 Å². The molecular weight excluding hydrogens is 288 g/mol. The predicted molar refractivity (Wildman–Crippen MR) is 93.8 cm³/mol. The Morgan fingerprint density at radius 1 is 1.13 bits per heavy atom. The number of allylic oxidation sites excluding steroid dienone is 1. The van der Waals surface area contributed by atoms with E-state index in [0.717, 1.165) is 24.0 Å². The molecule has 0 spiro atoms. The van der Waals surface area contributed by atoms with Crippen molar-refractivity contribution in [1.82, 2.24) is 0 Å². The van der Waals surface area contributed by atoms with E-state index in [4.69, 9.17) is 0 Å². The van der Waals surface area contributed by atoms with E-state index in [1.54, 1.807) is 12.1 Å². The monoisotopic (exact) mass is 318 g/mol. The van der Waals surface area contributed by atoms with Crippen LogP contribution in [0.4, 0.5) is 0 Å². The van der Waals surface area contributed by atoms with Crippen LogP contribution >= 0.6 is 0 Å². The lowest BCUT2D eigenvalue weighted by Gasteiger charge is -2.41. The van der Waals surface area contributed by atoms with Crippen LogP contribution in [0.2, 0.25) is 0 Å². The molecule has 1 aliphatic rings. The van der Waals surface area contributed by atoms with E-state index in [9.17, 15) is 15.3 Å². The van der Waals surface area contributed by atoms with Gasteiger partial charge in [-0.1, -0.05) is 40.2 Å². The van der Waals surface area contributed by atoms with E-state index >= 15 is 0 Å². The SMILES string of the molecule is CCCc1cc(O)c([C@@H]2C=C(C)C(O)C[C@H]2C(C)(C)C)c(O)c1. The summed E-state index contributed by atoms with van der Waals surface area (Å²) in [5.74, 6) is 0.380. The highest BCUT2D eigenvalue weighted by atomic mass is 16.3. The molecule has 128 valence electrons.